The van der Waals surface area contributed by atoms with E-state index < -0.39 is 0 Å². The monoisotopic (exact) mass is 364 g/mol. The number of aromatic nitrogens is 1. The van der Waals surface area contributed by atoms with Crippen LogP contribution < -0.4 is 15.6 Å². The Kier molecular flexibility index (Phi) is 6.28. The molecule has 2 N–H and O–H groups in total. The summed E-state index contributed by atoms with van der Waals surface area (Å²) >= 11 is 0. The average Bonchev–Trinajstić information content (AvgIpc) is 2.69. The van der Waals surface area contributed by atoms with E-state index in [1.165, 1.54) is 0 Å². The Morgan fingerprint density at radius 2 is 1.78 bits per heavy atom. The fourth-order valence-electron chi connectivity index (χ4n) is 2.81. The summed E-state index contributed by atoms with van der Waals surface area (Å²) in [6.07, 6.45) is 1.74. The standard InChI is InChI=1S/C22H24N2O3/c1-16(15-26-2)27-21-10-8-20(9-11-21)23-14-19-12-18(13-24-22(19)25)17-6-4-3-5-7-17/h3-13,16,23H,14-15H2,1-2H3,(H,24,25)/t16-/m0/s1. The first-order valence-corrected chi connectivity index (χ1v) is 8.92. The highest BCUT2D eigenvalue weighted by Crippen LogP contribution is 2.19. The van der Waals surface area contributed by atoms with E-state index in [-0.39, 0.29) is 11.7 Å². The van der Waals surface area contributed by atoms with E-state index in [1.54, 1.807) is 13.3 Å². The van der Waals surface area contributed by atoms with E-state index >= 15 is 0 Å². The molecule has 3 rings (SSSR count). The molecule has 0 amide bonds. The van der Waals surface area contributed by atoms with Crippen LogP contribution in [0.5, 0.6) is 5.75 Å². The van der Waals surface area contributed by atoms with Gasteiger partial charge in [0, 0.05) is 31.1 Å². The van der Waals surface area contributed by atoms with Gasteiger partial charge in [0.15, 0.2) is 0 Å². The number of methoxy groups -OCH3 is 1. The van der Waals surface area contributed by atoms with Crippen LogP contribution in [0.2, 0.25) is 0 Å². The van der Waals surface area contributed by atoms with E-state index in [1.807, 2.05) is 67.6 Å². The molecule has 0 aliphatic rings. The Hall–Kier alpha value is -3.05. The van der Waals surface area contributed by atoms with Crippen LogP contribution in [0, 0.1) is 0 Å². The van der Waals surface area contributed by atoms with E-state index in [0.717, 1.165) is 22.6 Å². The van der Waals surface area contributed by atoms with Gasteiger partial charge in [0.2, 0.25) is 0 Å². The third-order valence-electron chi connectivity index (χ3n) is 4.16. The minimum atomic E-state index is -0.0875. The molecule has 27 heavy (non-hydrogen) atoms. The van der Waals surface area contributed by atoms with Crippen molar-refractivity contribution in [3.05, 3.63) is 82.8 Å². The van der Waals surface area contributed by atoms with Crippen molar-refractivity contribution in [2.24, 2.45) is 0 Å². The summed E-state index contributed by atoms with van der Waals surface area (Å²) < 4.78 is 10.8. The van der Waals surface area contributed by atoms with Gasteiger partial charge in [-0.1, -0.05) is 30.3 Å². The minimum Gasteiger partial charge on any atom is -0.488 e. The molecule has 0 aliphatic carbocycles. The van der Waals surface area contributed by atoms with Crippen LogP contribution in [0.4, 0.5) is 5.69 Å². The first-order valence-electron chi connectivity index (χ1n) is 8.92. The SMILES string of the molecule is COC[C@H](C)Oc1ccc(NCc2cc(-c3ccccc3)c[nH]c2=O)cc1. The number of rotatable bonds is 8. The molecule has 140 valence electrons. The van der Waals surface area contributed by atoms with E-state index in [2.05, 4.69) is 10.3 Å². The van der Waals surface area contributed by atoms with Crippen molar-refractivity contribution in [1.82, 2.24) is 4.98 Å². The zero-order valence-corrected chi connectivity index (χ0v) is 15.6. The molecule has 1 atom stereocenters. The van der Waals surface area contributed by atoms with Gasteiger partial charge in [0.1, 0.15) is 11.9 Å². The lowest BCUT2D eigenvalue weighted by Crippen LogP contribution is -2.18. The molecule has 0 bridgehead atoms. The molecule has 5 nitrogen and oxygen atoms in total. The van der Waals surface area contributed by atoms with Gasteiger partial charge in [-0.2, -0.15) is 0 Å². The average molecular weight is 364 g/mol. The van der Waals surface area contributed by atoms with E-state index in [4.69, 9.17) is 9.47 Å². The summed E-state index contributed by atoms with van der Waals surface area (Å²) in [6.45, 7) is 2.94. The lowest BCUT2D eigenvalue weighted by Gasteiger charge is -2.14. The summed E-state index contributed by atoms with van der Waals surface area (Å²) in [5, 5.41) is 3.29. The Morgan fingerprint density at radius 3 is 2.48 bits per heavy atom. The third kappa shape index (κ3) is 5.21. The molecule has 0 aliphatic heterocycles. The second-order valence-electron chi connectivity index (χ2n) is 6.37. The van der Waals surface area contributed by atoms with Crippen molar-refractivity contribution < 1.29 is 9.47 Å². The second-order valence-corrected chi connectivity index (χ2v) is 6.37. The molecule has 1 heterocycles. The number of anilines is 1. The number of hydrogen-bond acceptors (Lipinski definition) is 4. The van der Waals surface area contributed by atoms with Gasteiger partial charge in [-0.3, -0.25) is 4.79 Å². The number of aromatic amines is 1. The molecule has 0 saturated carbocycles. The number of nitrogens with one attached hydrogen (secondary N) is 2. The van der Waals surface area contributed by atoms with Gasteiger partial charge in [-0.25, -0.2) is 0 Å². The Morgan fingerprint density at radius 1 is 1.04 bits per heavy atom. The van der Waals surface area contributed by atoms with Gasteiger partial charge in [-0.05, 0) is 48.4 Å². The Balaban J connectivity index is 1.65. The van der Waals surface area contributed by atoms with Gasteiger partial charge in [-0.15, -0.1) is 0 Å². The Bertz CT molecular complexity index is 905. The quantitative estimate of drug-likeness (QED) is 0.632. The van der Waals surface area contributed by atoms with Crippen molar-refractivity contribution in [2.45, 2.75) is 19.6 Å². The number of benzene rings is 2. The van der Waals surface area contributed by atoms with Gasteiger partial charge < -0.3 is 19.8 Å². The molecule has 2 aromatic carbocycles. The molecular weight excluding hydrogens is 340 g/mol. The molecule has 1 aromatic heterocycles. The molecule has 0 radical (unpaired) electrons. The van der Waals surface area contributed by atoms with Crippen LogP contribution in [0.1, 0.15) is 12.5 Å². The van der Waals surface area contributed by atoms with Crippen molar-refractivity contribution in [3.63, 3.8) is 0 Å². The first kappa shape index (κ1) is 18.7. The first-order chi connectivity index (χ1) is 13.2. The predicted molar refractivity (Wildman–Crippen MR) is 108 cm³/mol. The smallest absolute Gasteiger partial charge is 0.252 e. The maximum atomic E-state index is 12.1. The van der Waals surface area contributed by atoms with Gasteiger partial charge >= 0.3 is 0 Å². The largest absolute Gasteiger partial charge is 0.488 e. The van der Waals surface area contributed by atoms with Crippen LogP contribution in [0.15, 0.2) is 71.7 Å². The van der Waals surface area contributed by atoms with Crippen molar-refractivity contribution >= 4 is 5.69 Å². The summed E-state index contributed by atoms with van der Waals surface area (Å²) in [4.78, 5) is 15.0. The minimum absolute atomic E-state index is 0.00639. The molecule has 5 heteroatoms. The lowest BCUT2D eigenvalue weighted by molar-refractivity contribution is 0.0921. The summed E-state index contributed by atoms with van der Waals surface area (Å²) in [5.74, 6) is 0.786. The second kappa shape index (κ2) is 9.05. The normalized spacial score (nSPS) is 11.8. The maximum Gasteiger partial charge on any atom is 0.252 e. The maximum absolute atomic E-state index is 12.1. The molecular formula is C22H24N2O3. The van der Waals surface area contributed by atoms with E-state index in [0.29, 0.717) is 18.7 Å². The molecule has 0 spiro atoms. The topological polar surface area (TPSA) is 63.4 Å². The molecule has 0 fully saturated rings. The summed E-state index contributed by atoms with van der Waals surface area (Å²) in [7, 11) is 1.65. The number of H-pyrrole nitrogens is 1. The summed E-state index contributed by atoms with van der Waals surface area (Å²) in [6, 6.07) is 19.6. The van der Waals surface area contributed by atoms with Crippen molar-refractivity contribution in [1.29, 1.82) is 0 Å². The van der Waals surface area contributed by atoms with Gasteiger partial charge in [0.05, 0.1) is 6.61 Å². The highest BCUT2D eigenvalue weighted by atomic mass is 16.5. The van der Waals surface area contributed by atoms with E-state index in [9.17, 15) is 4.79 Å². The lowest BCUT2D eigenvalue weighted by atomic mass is 10.1. The fourth-order valence-corrected chi connectivity index (χ4v) is 2.81. The third-order valence-corrected chi connectivity index (χ3v) is 4.16. The number of pyridine rings is 1. The van der Waals surface area contributed by atoms with Crippen LogP contribution in [0.3, 0.4) is 0 Å². The fraction of sp³-hybridized carbons (Fsp3) is 0.227. The Labute approximate surface area is 159 Å². The highest BCUT2D eigenvalue weighted by Gasteiger charge is 2.05. The van der Waals surface area contributed by atoms with Gasteiger partial charge in [0.25, 0.3) is 5.56 Å². The van der Waals surface area contributed by atoms with Crippen molar-refractivity contribution in [3.8, 4) is 16.9 Å². The predicted octanol–water partition coefficient (Wildman–Crippen LogP) is 4.07. The molecule has 0 saturated heterocycles. The van der Waals surface area contributed by atoms with Crippen LogP contribution in [-0.4, -0.2) is 24.8 Å². The van der Waals surface area contributed by atoms with Crippen LogP contribution in [0.25, 0.3) is 11.1 Å². The molecule has 0 unspecified atom stereocenters. The van der Waals surface area contributed by atoms with Crippen molar-refractivity contribution in [2.75, 3.05) is 19.0 Å². The number of hydrogen-bond donors (Lipinski definition) is 2. The highest BCUT2D eigenvalue weighted by molar-refractivity contribution is 5.63. The van der Waals surface area contributed by atoms with Crippen LogP contribution in [-0.2, 0) is 11.3 Å². The zero-order valence-electron chi connectivity index (χ0n) is 15.6. The molecule has 3 aromatic rings. The summed E-state index contributed by atoms with van der Waals surface area (Å²) in [5.41, 5.74) is 3.58. The zero-order chi connectivity index (χ0) is 19.1. The number of ether oxygens (including phenoxy) is 2. The van der Waals surface area contributed by atoms with Crippen LogP contribution >= 0.6 is 0 Å².